The average molecular weight is 258 g/mol. The van der Waals surface area contributed by atoms with Crippen molar-refractivity contribution < 1.29 is 19.4 Å². The summed E-state index contributed by atoms with van der Waals surface area (Å²) in [5, 5.41) is 11.7. The van der Waals surface area contributed by atoms with Crippen molar-refractivity contribution in [2.45, 2.75) is 44.8 Å². The molecule has 0 aliphatic heterocycles. The van der Waals surface area contributed by atoms with Crippen molar-refractivity contribution in [2.75, 3.05) is 20.2 Å². The number of hydrogen-bond donors (Lipinski definition) is 2. The molecule has 0 atom stereocenters. The van der Waals surface area contributed by atoms with E-state index in [1.807, 2.05) is 13.8 Å². The van der Waals surface area contributed by atoms with Crippen molar-refractivity contribution in [3.05, 3.63) is 0 Å². The van der Waals surface area contributed by atoms with Gasteiger partial charge in [-0.2, -0.15) is 0 Å². The van der Waals surface area contributed by atoms with E-state index in [2.05, 4.69) is 5.32 Å². The Morgan fingerprint density at radius 1 is 1.44 bits per heavy atom. The number of carbonyl (C=O) groups excluding carboxylic acids is 1. The summed E-state index contributed by atoms with van der Waals surface area (Å²) >= 11 is 0. The third-order valence-electron chi connectivity index (χ3n) is 3.19. The van der Waals surface area contributed by atoms with Gasteiger partial charge in [-0.3, -0.25) is 0 Å². The van der Waals surface area contributed by atoms with Gasteiger partial charge in [0.25, 0.3) is 0 Å². The predicted molar refractivity (Wildman–Crippen MR) is 66.5 cm³/mol. The minimum absolute atomic E-state index is 0.124. The zero-order valence-corrected chi connectivity index (χ0v) is 11.2. The maximum Gasteiger partial charge on any atom is 0.329 e. The SMILES string of the molecule is CC(C)OCCN(C)C(=O)NC1(C(=O)O)CCC1. The largest absolute Gasteiger partial charge is 0.480 e. The first-order chi connectivity index (χ1) is 8.37. The van der Waals surface area contributed by atoms with E-state index in [1.165, 1.54) is 4.90 Å². The summed E-state index contributed by atoms with van der Waals surface area (Å²) in [6.45, 7) is 4.74. The fourth-order valence-corrected chi connectivity index (χ4v) is 1.75. The van der Waals surface area contributed by atoms with Gasteiger partial charge in [-0.1, -0.05) is 0 Å². The maximum absolute atomic E-state index is 11.8. The molecular weight excluding hydrogens is 236 g/mol. The van der Waals surface area contributed by atoms with Gasteiger partial charge in [-0.05, 0) is 33.1 Å². The molecule has 0 aromatic carbocycles. The zero-order chi connectivity index (χ0) is 13.8. The molecule has 0 aromatic rings. The van der Waals surface area contributed by atoms with E-state index < -0.39 is 11.5 Å². The van der Waals surface area contributed by atoms with Crippen LogP contribution in [0, 0.1) is 0 Å². The smallest absolute Gasteiger partial charge is 0.329 e. The number of rotatable bonds is 6. The van der Waals surface area contributed by atoms with Crippen LogP contribution < -0.4 is 5.32 Å². The Labute approximate surface area is 107 Å². The number of nitrogens with zero attached hydrogens (tertiary/aromatic N) is 1. The third-order valence-corrected chi connectivity index (χ3v) is 3.19. The summed E-state index contributed by atoms with van der Waals surface area (Å²) in [6.07, 6.45) is 1.97. The van der Waals surface area contributed by atoms with Gasteiger partial charge in [0.1, 0.15) is 5.54 Å². The van der Waals surface area contributed by atoms with Crippen LogP contribution in [0.15, 0.2) is 0 Å². The molecule has 0 unspecified atom stereocenters. The van der Waals surface area contributed by atoms with E-state index in [-0.39, 0.29) is 12.1 Å². The van der Waals surface area contributed by atoms with Crippen LogP contribution in [0.25, 0.3) is 0 Å². The molecule has 1 fully saturated rings. The second-order valence-corrected chi connectivity index (χ2v) is 5.01. The van der Waals surface area contributed by atoms with Gasteiger partial charge in [0, 0.05) is 13.6 Å². The molecule has 2 N–H and O–H groups in total. The molecule has 1 rings (SSSR count). The average Bonchev–Trinajstić information content (AvgIpc) is 2.21. The highest BCUT2D eigenvalue weighted by molar-refractivity contribution is 5.87. The van der Waals surface area contributed by atoms with Gasteiger partial charge in [-0.25, -0.2) is 9.59 Å². The molecule has 0 saturated heterocycles. The number of aliphatic carboxylic acids is 1. The van der Waals surface area contributed by atoms with Crippen LogP contribution in [0.4, 0.5) is 4.79 Å². The highest BCUT2D eigenvalue weighted by Gasteiger charge is 2.46. The van der Waals surface area contributed by atoms with Crippen molar-refractivity contribution in [1.82, 2.24) is 10.2 Å². The Morgan fingerprint density at radius 2 is 2.06 bits per heavy atom. The number of amides is 2. The minimum atomic E-state index is -1.05. The Kier molecular flexibility index (Phi) is 4.95. The maximum atomic E-state index is 11.8. The Hall–Kier alpha value is -1.30. The first kappa shape index (κ1) is 14.8. The lowest BCUT2D eigenvalue weighted by atomic mass is 9.77. The third kappa shape index (κ3) is 3.60. The highest BCUT2D eigenvalue weighted by atomic mass is 16.5. The fraction of sp³-hybridized carbons (Fsp3) is 0.833. The molecule has 1 saturated carbocycles. The summed E-state index contributed by atoms with van der Waals surface area (Å²) < 4.78 is 5.34. The molecule has 6 nitrogen and oxygen atoms in total. The lowest BCUT2D eigenvalue weighted by Gasteiger charge is -2.39. The lowest BCUT2D eigenvalue weighted by Crippen LogP contribution is -2.61. The van der Waals surface area contributed by atoms with Crippen LogP contribution in [0.1, 0.15) is 33.1 Å². The molecule has 0 heterocycles. The number of nitrogens with one attached hydrogen (secondary N) is 1. The molecule has 0 spiro atoms. The van der Waals surface area contributed by atoms with E-state index >= 15 is 0 Å². The number of carbonyl (C=O) groups is 2. The molecule has 6 heteroatoms. The van der Waals surface area contributed by atoms with Crippen molar-refractivity contribution in [2.24, 2.45) is 0 Å². The molecule has 0 aromatic heterocycles. The topological polar surface area (TPSA) is 78.9 Å². The quantitative estimate of drug-likeness (QED) is 0.746. The van der Waals surface area contributed by atoms with Crippen LogP contribution >= 0.6 is 0 Å². The van der Waals surface area contributed by atoms with Crippen LogP contribution in [0.2, 0.25) is 0 Å². The number of carboxylic acid groups (broad SMARTS) is 1. The molecule has 18 heavy (non-hydrogen) atoms. The summed E-state index contributed by atoms with van der Waals surface area (Å²) in [7, 11) is 1.63. The number of ether oxygens (including phenoxy) is 1. The number of urea groups is 1. The number of hydrogen-bond acceptors (Lipinski definition) is 3. The van der Waals surface area contributed by atoms with Crippen molar-refractivity contribution in [3.63, 3.8) is 0 Å². The Bertz CT molecular complexity index is 313. The van der Waals surface area contributed by atoms with Crippen LogP contribution in [-0.4, -0.2) is 53.8 Å². The molecule has 0 radical (unpaired) electrons. The summed E-state index contributed by atoms with van der Waals surface area (Å²) in [4.78, 5) is 24.4. The Balaban J connectivity index is 2.37. The number of carboxylic acids is 1. The van der Waals surface area contributed by atoms with Crippen molar-refractivity contribution >= 4 is 12.0 Å². The second-order valence-electron chi connectivity index (χ2n) is 5.01. The van der Waals surface area contributed by atoms with E-state index in [9.17, 15) is 9.59 Å². The van der Waals surface area contributed by atoms with E-state index in [1.54, 1.807) is 7.05 Å². The summed E-state index contributed by atoms with van der Waals surface area (Å²) in [5.41, 5.74) is -1.05. The zero-order valence-electron chi connectivity index (χ0n) is 11.2. The molecule has 1 aliphatic carbocycles. The van der Waals surface area contributed by atoms with Crippen molar-refractivity contribution in [3.8, 4) is 0 Å². The van der Waals surface area contributed by atoms with Crippen LogP contribution in [-0.2, 0) is 9.53 Å². The minimum Gasteiger partial charge on any atom is -0.480 e. The van der Waals surface area contributed by atoms with Crippen LogP contribution in [0.5, 0.6) is 0 Å². The van der Waals surface area contributed by atoms with Crippen LogP contribution in [0.3, 0.4) is 0 Å². The first-order valence-corrected chi connectivity index (χ1v) is 6.26. The molecule has 2 amide bonds. The Morgan fingerprint density at radius 3 is 2.44 bits per heavy atom. The monoisotopic (exact) mass is 258 g/mol. The van der Waals surface area contributed by atoms with E-state index in [4.69, 9.17) is 9.84 Å². The van der Waals surface area contributed by atoms with Gasteiger partial charge in [0.2, 0.25) is 0 Å². The van der Waals surface area contributed by atoms with E-state index in [0.717, 1.165) is 6.42 Å². The second kappa shape index (κ2) is 6.04. The van der Waals surface area contributed by atoms with Gasteiger partial charge in [-0.15, -0.1) is 0 Å². The summed E-state index contributed by atoms with van der Waals surface area (Å²) in [6, 6.07) is -0.357. The van der Waals surface area contributed by atoms with Gasteiger partial charge >= 0.3 is 12.0 Å². The van der Waals surface area contributed by atoms with Gasteiger partial charge in [0.05, 0.1) is 12.7 Å². The normalized spacial score (nSPS) is 17.1. The van der Waals surface area contributed by atoms with Crippen molar-refractivity contribution in [1.29, 1.82) is 0 Å². The lowest BCUT2D eigenvalue weighted by molar-refractivity contribution is -0.148. The molecular formula is C12H22N2O4. The highest BCUT2D eigenvalue weighted by Crippen LogP contribution is 2.32. The first-order valence-electron chi connectivity index (χ1n) is 6.26. The van der Waals surface area contributed by atoms with Gasteiger partial charge < -0.3 is 20.1 Å². The fourth-order valence-electron chi connectivity index (χ4n) is 1.75. The van der Waals surface area contributed by atoms with E-state index in [0.29, 0.717) is 26.0 Å². The predicted octanol–water partition coefficient (Wildman–Crippen LogP) is 1.06. The molecule has 1 aliphatic rings. The molecule has 104 valence electrons. The standard InChI is InChI=1S/C12H22N2O4/c1-9(2)18-8-7-14(3)11(17)13-12(10(15)16)5-4-6-12/h9H,4-8H2,1-3H3,(H,13,17)(H,15,16). The molecule has 0 bridgehead atoms. The number of likely N-dealkylation sites (N-methyl/N-ethyl adjacent to an activating group) is 1. The summed E-state index contributed by atoms with van der Waals surface area (Å²) in [5.74, 6) is -0.950. The van der Waals surface area contributed by atoms with Gasteiger partial charge in [0.15, 0.2) is 0 Å².